The Balaban J connectivity index is 2.10. The van der Waals surface area contributed by atoms with Crippen molar-refractivity contribution in [2.75, 3.05) is 19.6 Å². The number of piperazine rings is 1. The maximum absolute atomic E-state index is 5.62. The number of hydrogen-bond acceptors (Lipinski definition) is 4. The van der Waals surface area contributed by atoms with E-state index in [4.69, 9.17) is 4.42 Å². The van der Waals surface area contributed by atoms with Gasteiger partial charge in [0.25, 0.3) is 0 Å². The van der Waals surface area contributed by atoms with Gasteiger partial charge in [-0.1, -0.05) is 6.92 Å². The minimum Gasteiger partial charge on any atom is -0.444 e. The normalized spacial score (nSPS) is 24.6. The maximum atomic E-state index is 5.62. The first-order chi connectivity index (χ1) is 7.72. The highest BCUT2D eigenvalue weighted by Crippen LogP contribution is 2.24. The molecule has 1 saturated heterocycles. The van der Waals surface area contributed by atoms with E-state index in [0.717, 1.165) is 37.7 Å². The summed E-state index contributed by atoms with van der Waals surface area (Å²) in [4.78, 5) is 6.82. The molecule has 1 aromatic rings. The van der Waals surface area contributed by atoms with E-state index in [9.17, 15) is 0 Å². The highest BCUT2D eigenvalue weighted by atomic mass is 16.4. The Morgan fingerprint density at radius 1 is 1.69 bits per heavy atom. The molecule has 1 N–H and O–H groups in total. The molecule has 1 fully saturated rings. The Hall–Kier alpha value is -0.870. The molecule has 0 amide bonds. The molecule has 2 atom stereocenters. The molecule has 0 bridgehead atoms. The molecule has 1 aliphatic rings. The van der Waals surface area contributed by atoms with Crippen molar-refractivity contribution in [2.24, 2.45) is 0 Å². The Morgan fingerprint density at radius 3 is 3.12 bits per heavy atom. The lowest BCUT2D eigenvalue weighted by Gasteiger charge is -2.38. The summed E-state index contributed by atoms with van der Waals surface area (Å²) >= 11 is 0. The van der Waals surface area contributed by atoms with Crippen molar-refractivity contribution in [3.63, 3.8) is 0 Å². The summed E-state index contributed by atoms with van der Waals surface area (Å²) < 4.78 is 5.62. The Labute approximate surface area is 97.0 Å². The summed E-state index contributed by atoms with van der Waals surface area (Å²) in [5, 5.41) is 3.43. The molecular formula is C12H21N3O. The van der Waals surface area contributed by atoms with Crippen molar-refractivity contribution in [1.82, 2.24) is 15.2 Å². The smallest absolute Gasteiger partial charge is 0.211 e. The first kappa shape index (κ1) is 11.6. The third kappa shape index (κ3) is 2.28. The van der Waals surface area contributed by atoms with Gasteiger partial charge < -0.3 is 9.73 Å². The number of nitrogens with zero attached hydrogens (tertiary/aromatic N) is 2. The highest BCUT2D eigenvalue weighted by molar-refractivity contribution is 4.97. The van der Waals surface area contributed by atoms with Crippen molar-refractivity contribution in [3.05, 3.63) is 17.8 Å². The second-order valence-corrected chi connectivity index (χ2v) is 4.49. The summed E-state index contributed by atoms with van der Waals surface area (Å²) in [7, 11) is 0. The Kier molecular flexibility index (Phi) is 3.61. The van der Waals surface area contributed by atoms with Crippen LogP contribution in [0.5, 0.6) is 0 Å². The van der Waals surface area contributed by atoms with Crippen molar-refractivity contribution >= 4 is 0 Å². The van der Waals surface area contributed by atoms with Crippen LogP contribution in [0.3, 0.4) is 0 Å². The zero-order valence-corrected chi connectivity index (χ0v) is 10.4. The van der Waals surface area contributed by atoms with E-state index in [1.54, 1.807) is 6.20 Å². The van der Waals surface area contributed by atoms with Crippen LogP contribution in [0, 0.1) is 6.92 Å². The van der Waals surface area contributed by atoms with E-state index in [1.165, 1.54) is 0 Å². The highest BCUT2D eigenvalue weighted by Gasteiger charge is 2.28. The van der Waals surface area contributed by atoms with Crippen LogP contribution in [-0.4, -0.2) is 35.6 Å². The molecule has 2 rings (SSSR count). The molecule has 0 spiro atoms. The topological polar surface area (TPSA) is 41.3 Å². The van der Waals surface area contributed by atoms with Crippen LogP contribution in [0.4, 0.5) is 0 Å². The number of aromatic nitrogens is 1. The fourth-order valence-corrected chi connectivity index (χ4v) is 2.37. The summed E-state index contributed by atoms with van der Waals surface area (Å²) in [5.74, 6) is 1.74. The molecule has 0 aliphatic carbocycles. The van der Waals surface area contributed by atoms with E-state index in [-0.39, 0.29) is 6.04 Å². The number of hydrogen-bond donors (Lipinski definition) is 1. The van der Waals surface area contributed by atoms with Crippen LogP contribution in [0.25, 0.3) is 0 Å². The number of aryl methyl sites for hydroxylation is 1. The van der Waals surface area contributed by atoms with Crippen molar-refractivity contribution in [2.45, 2.75) is 39.3 Å². The summed E-state index contributed by atoms with van der Waals surface area (Å²) in [6, 6.07) is 0.872. The van der Waals surface area contributed by atoms with Gasteiger partial charge in [-0.15, -0.1) is 0 Å². The second kappa shape index (κ2) is 4.97. The van der Waals surface area contributed by atoms with Crippen LogP contribution in [-0.2, 0) is 0 Å². The fraction of sp³-hybridized carbons (Fsp3) is 0.750. The van der Waals surface area contributed by atoms with Gasteiger partial charge in [0, 0.05) is 25.7 Å². The number of oxazole rings is 1. The summed E-state index contributed by atoms with van der Waals surface area (Å²) in [6.07, 6.45) is 2.96. The lowest BCUT2D eigenvalue weighted by atomic mass is 10.1. The molecule has 2 heterocycles. The van der Waals surface area contributed by atoms with E-state index in [2.05, 4.69) is 29.0 Å². The predicted octanol–water partition coefficient (Wildman–Crippen LogP) is 1.73. The molecule has 0 saturated carbocycles. The van der Waals surface area contributed by atoms with Gasteiger partial charge in [0.15, 0.2) is 0 Å². The Morgan fingerprint density at radius 2 is 2.50 bits per heavy atom. The van der Waals surface area contributed by atoms with Crippen molar-refractivity contribution in [1.29, 1.82) is 0 Å². The molecule has 4 heteroatoms. The minimum atomic E-state index is 0.278. The molecule has 1 aliphatic heterocycles. The van der Waals surface area contributed by atoms with Gasteiger partial charge in [0.1, 0.15) is 5.76 Å². The van der Waals surface area contributed by atoms with E-state index in [1.807, 2.05) is 6.92 Å². The molecule has 4 nitrogen and oxygen atoms in total. The lowest BCUT2D eigenvalue weighted by Crippen LogP contribution is -2.51. The van der Waals surface area contributed by atoms with Gasteiger partial charge in [-0.05, 0) is 20.3 Å². The third-order valence-corrected chi connectivity index (χ3v) is 3.36. The summed E-state index contributed by atoms with van der Waals surface area (Å²) in [5.41, 5.74) is 0. The largest absolute Gasteiger partial charge is 0.444 e. The van der Waals surface area contributed by atoms with Gasteiger partial charge in [0.2, 0.25) is 5.89 Å². The number of nitrogens with one attached hydrogen (secondary N) is 1. The fourth-order valence-electron chi connectivity index (χ4n) is 2.37. The molecule has 16 heavy (non-hydrogen) atoms. The monoisotopic (exact) mass is 223 g/mol. The summed E-state index contributed by atoms with van der Waals surface area (Å²) in [6.45, 7) is 9.55. The van der Waals surface area contributed by atoms with E-state index in [0.29, 0.717) is 6.04 Å². The van der Waals surface area contributed by atoms with Gasteiger partial charge in [-0.2, -0.15) is 0 Å². The average molecular weight is 223 g/mol. The van der Waals surface area contributed by atoms with Crippen LogP contribution in [0.1, 0.15) is 38.0 Å². The Bertz CT molecular complexity index is 337. The van der Waals surface area contributed by atoms with Gasteiger partial charge in [0.05, 0.1) is 12.2 Å². The molecule has 1 aromatic heterocycles. The van der Waals surface area contributed by atoms with E-state index < -0.39 is 0 Å². The molecular weight excluding hydrogens is 202 g/mol. The zero-order valence-electron chi connectivity index (χ0n) is 10.4. The lowest BCUT2D eigenvalue weighted by molar-refractivity contribution is 0.0958. The minimum absolute atomic E-state index is 0.278. The zero-order chi connectivity index (χ0) is 11.5. The van der Waals surface area contributed by atoms with E-state index >= 15 is 0 Å². The van der Waals surface area contributed by atoms with Crippen LogP contribution < -0.4 is 5.32 Å². The van der Waals surface area contributed by atoms with Gasteiger partial charge in [-0.25, -0.2) is 4.98 Å². The molecule has 0 aromatic carbocycles. The molecule has 90 valence electrons. The molecule has 2 unspecified atom stereocenters. The van der Waals surface area contributed by atoms with Crippen LogP contribution >= 0.6 is 0 Å². The number of rotatable bonds is 3. The van der Waals surface area contributed by atoms with Crippen LogP contribution in [0.2, 0.25) is 0 Å². The quantitative estimate of drug-likeness (QED) is 0.847. The van der Waals surface area contributed by atoms with Crippen molar-refractivity contribution in [3.8, 4) is 0 Å². The van der Waals surface area contributed by atoms with Crippen molar-refractivity contribution < 1.29 is 4.42 Å². The van der Waals surface area contributed by atoms with Gasteiger partial charge >= 0.3 is 0 Å². The van der Waals surface area contributed by atoms with Gasteiger partial charge in [-0.3, -0.25) is 4.90 Å². The second-order valence-electron chi connectivity index (χ2n) is 4.49. The predicted molar refractivity (Wildman–Crippen MR) is 63.3 cm³/mol. The molecule has 0 radical (unpaired) electrons. The third-order valence-electron chi connectivity index (χ3n) is 3.36. The average Bonchev–Trinajstić information content (AvgIpc) is 2.75. The first-order valence-electron chi connectivity index (χ1n) is 6.11. The SMILES string of the molecule is CCC1CNCCN1C(C)c1ncc(C)o1. The first-order valence-corrected chi connectivity index (χ1v) is 6.11. The maximum Gasteiger partial charge on any atom is 0.211 e. The van der Waals surface area contributed by atoms with Crippen LogP contribution in [0.15, 0.2) is 10.6 Å². The standard InChI is InChI=1S/C12H21N3O/c1-4-11-8-13-5-6-15(11)10(3)12-14-7-9(2)16-12/h7,10-11,13H,4-6,8H2,1-3H3.